The number of fused-ring (bicyclic) bond motifs is 1. The summed E-state index contributed by atoms with van der Waals surface area (Å²) in [5.41, 5.74) is 3.63. The average molecular weight is 330 g/mol. The van der Waals surface area contributed by atoms with Crippen LogP contribution in [0.2, 0.25) is 0 Å². The lowest BCUT2D eigenvalue weighted by Gasteiger charge is -2.03. The van der Waals surface area contributed by atoms with Gasteiger partial charge < -0.3 is 10.1 Å². The van der Waals surface area contributed by atoms with Crippen LogP contribution >= 0.6 is 15.9 Å². The number of rotatable bonds is 3. The third-order valence-corrected chi connectivity index (χ3v) is 3.75. The fraction of sp³-hybridized carbons (Fsp3) is 0.0625. The van der Waals surface area contributed by atoms with Gasteiger partial charge in [-0.25, -0.2) is 0 Å². The lowest BCUT2D eigenvalue weighted by Crippen LogP contribution is -2.00. The van der Waals surface area contributed by atoms with Gasteiger partial charge in [0.2, 0.25) is 0 Å². The molecule has 20 heavy (non-hydrogen) atoms. The molecule has 0 saturated heterocycles. The summed E-state index contributed by atoms with van der Waals surface area (Å²) in [6.45, 7) is 0. The average Bonchev–Trinajstić information content (AvgIpc) is 2.77. The highest BCUT2D eigenvalue weighted by atomic mass is 79.9. The Labute approximate surface area is 124 Å². The number of hydrogen-bond acceptors (Lipinski definition) is 1. The molecule has 0 radical (unpaired) electrons. The zero-order valence-corrected chi connectivity index (χ0v) is 12.1. The number of aliphatic carboxylic acids is 1. The van der Waals surface area contributed by atoms with Crippen molar-refractivity contribution in [2.24, 2.45) is 0 Å². The number of aromatic amines is 1. The van der Waals surface area contributed by atoms with Gasteiger partial charge in [0.1, 0.15) is 0 Å². The number of carboxylic acids is 1. The fourth-order valence-electron chi connectivity index (χ4n) is 2.43. The number of para-hydroxylation sites is 1. The van der Waals surface area contributed by atoms with E-state index in [9.17, 15) is 4.79 Å². The van der Waals surface area contributed by atoms with Crippen LogP contribution in [0.25, 0.3) is 22.2 Å². The van der Waals surface area contributed by atoms with Gasteiger partial charge in [0.25, 0.3) is 0 Å². The molecule has 4 heteroatoms. The number of carboxylic acid groups (broad SMARTS) is 1. The summed E-state index contributed by atoms with van der Waals surface area (Å²) < 4.78 is 0.968. The molecule has 0 atom stereocenters. The largest absolute Gasteiger partial charge is 0.481 e. The Bertz CT molecular complexity index is 792. The Morgan fingerprint density at radius 2 is 1.95 bits per heavy atom. The van der Waals surface area contributed by atoms with Crippen molar-refractivity contribution in [3.63, 3.8) is 0 Å². The molecule has 2 aromatic carbocycles. The first-order valence-electron chi connectivity index (χ1n) is 6.22. The molecule has 0 fully saturated rings. The second-order valence-electron chi connectivity index (χ2n) is 4.60. The zero-order valence-electron chi connectivity index (χ0n) is 10.6. The van der Waals surface area contributed by atoms with E-state index < -0.39 is 5.97 Å². The van der Waals surface area contributed by atoms with Crippen LogP contribution in [-0.4, -0.2) is 16.1 Å². The predicted octanol–water partition coefficient (Wildman–Crippen LogP) is 4.22. The highest BCUT2D eigenvalue weighted by Gasteiger charge is 2.15. The number of halogens is 1. The maximum absolute atomic E-state index is 11.1. The van der Waals surface area contributed by atoms with E-state index in [1.165, 1.54) is 0 Å². The van der Waals surface area contributed by atoms with Crippen molar-refractivity contribution in [3.05, 3.63) is 58.6 Å². The molecule has 0 unspecified atom stereocenters. The molecule has 3 aromatic rings. The second-order valence-corrected chi connectivity index (χ2v) is 5.52. The number of hydrogen-bond donors (Lipinski definition) is 2. The molecule has 100 valence electrons. The van der Waals surface area contributed by atoms with Crippen molar-refractivity contribution in [2.75, 3.05) is 0 Å². The molecule has 0 bridgehead atoms. The van der Waals surface area contributed by atoms with Crippen molar-refractivity contribution in [3.8, 4) is 11.3 Å². The molecule has 0 saturated carbocycles. The second kappa shape index (κ2) is 5.13. The number of carbonyl (C=O) groups is 1. The molecular formula is C16H12BrNO2. The zero-order chi connectivity index (χ0) is 14.1. The van der Waals surface area contributed by atoms with Gasteiger partial charge in [-0.3, -0.25) is 4.79 Å². The van der Waals surface area contributed by atoms with Gasteiger partial charge in [-0.15, -0.1) is 0 Å². The van der Waals surface area contributed by atoms with E-state index in [1.54, 1.807) is 0 Å². The molecule has 1 aromatic heterocycles. The number of nitrogens with one attached hydrogen (secondary N) is 1. The Hall–Kier alpha value is -2.07. The van der Waals surface area contributed by atoms with Crippen molar-refractivity contribution in [1.82, 2.24) is 4.98 Å². The van der Waals surface area contributed by atoms with Crippen molar-refractivity contribution >= 4 is 32.8 Å². The van der Waals surface area contributed by atoms with Gasteiger partial charge in [0.05, 0.1) is 12.1 Å². The van der Waals surface area contributed by atoms with Crippen LogP contribution in [0, 0.1) is 0 Å². The SMILES string of the molecule is O=C(O)Cc1c(-c2cccc(Br)c2)[nH]c2ccccc12. The normalized spacial score (nSPS) is 10.8. The predicted molar refractivity (Wildman–Crippen MR) is 82.8 cm³/mol. The molecule has 0 aliphatic carbocycles. The summed E-state index contributed by atoms with van der Waals surface area (Å²) in [4.78, 5) is 14.5. The third-order valence-electron chi connectivity index (χ3n) is 3.25. The van der Waals surface area contributed by atoms with E-state index in [-0.39, 0.29) is 6.42 Å². The Kier molecular flexibility index (Phi) is 3.32. The van der Waals surface area contributed by atoms with Gasteiger partial charge in [-0.1, -0.05) is 46.3 Å². The molecule has 0 amide bonds. The molecule has 3 nitrogen and oxygen atoms in total. The Balaban J connectivity index is 2.26. The van der Waals surface area contributed by atoms with Crippen molar-refractivity contribution < 1.29 is 9.90 Å². The summed E-state index contributed by atoms with van der Waals surface area (Å²) in [6.07, 6.45) is 0.00581. The van der Waals surface area contributed by atoms with Gasteiger partial charge in [0, 0.05) is 15.4 Å². The molecule has 2 N–H and O–H groups in total. The molecule has 1 heterocycles. The monoisotopic (exact) mass is 329 g/mol. The van der Waals surface area contributed by atoms with Gasteiger partial charge in [0.15, 0.2) is 0 Å². The fourth-order valence-corrected chi connectivity index (χ4v) is 2.82. The summed E-state index contributed by atoms with van der Waals surface area (Å²) in [6, 6.07) is 15.6. The minimum atomic E-state index is -0.828. The van der Waals surface area contributed by atoms with Crippen molar-refractivity contribution in [1.29, 1.82) is 0 Å². The number of H-pyrrole nitrogens is 1. The third kappa shape index (κ3) is 2.34. The van der Waals surface area contributed by atoms with E-state index in [2.05, 4.69) is 20.9 Å². The molecule has 0 aliphatic rings. The highest BCUT2D eigenvalue weighted by Crippen LogP contribution is 2.31. The Morgan fingerprint density at radius 3 is 2.70 bits per heavy atom. The first-order valence-corrected chi connectivity index (χ1v) is 7.02. The Morgan fingerprint density at radius 1 is 1.15 bits per heavy atom. The topological polar surface area (TPSA) is 53.1 Å². The molecule has 0 spiro atoms. The first kappa shape index (κ1) is 12.9. The quantitative estimate of drug-likeness (QED) is 0.755. The van der Waals surface area contributed by atoms with Gasteiger partial charge in [-0.05, 0) is 29.3 Å². The molecule has 3 rings (SSSR count). The lowest BCUT2D eigenvalue weighted by atomic mass is 10.0. The van der Waals surface area contributed by atoms with Crippen molar-refractivity contribution in [2.45, 2.75) is 6.42 Å². The van der Waals surface area contributed by atoms with Crippen LogP contribution in [0.4, 0.5) is 0 Å². The minimum Gasteiger partial charge on any atom is -0.481 e. The van der Waals surface area contributed by atoms with Crippen LogP contribution in [0.3, 0.4) is 0 Å². The molecular weight excluding hydrogens is 318 g/mol. The van der Waals surface area contributed by atoms with Crippen LogP contribution in [0.15, 0.2) is 53.0 Å². The summed E-state index contributed by atoms with van der Waals surface area (Å²) in [7, 11) is 0. The number of benzene rings is 2. The van der Waals surface area contributed by atoms with Crippen LogP contribution in [-0.2, 0) is 11.2 Å². The minimum absolute atomic E-state index is 0.00581. The first-order chi connectivity index (χ1) is 9.65. The highest BCUT2D eigenvalue weighted by molar-refractivity contribution is 9.10. The van der Waals surface area contributed by atoms with E-state index >= 15 is 0 Å². The summed E-state index contributed by atoms with van der Waals surface area (Å²) in [5, 5.41) is 10.1. The molecule has 0 aliphatic heterocycles. The van der Waals surface area contributed by atoms with E-state index in [0.717, 1.165) is 32.2 Å². The van der Waals surface area contributed by atoms with Crippen LogP contribution < -0.4 is 0 Å². The van der Waals surface area contributed by atoms with Gasteiger partial charge >= 0.3 is 5.97 Å². The summed E-state index contributed by atoms with van der Waals surface area (Å²) in [5.74, 6) is -0.828. The lowest BCUT2D eigenvalue weighted by molar-refractivity contribution is -0.136. The maximum Gasteiger partial charge on any atom is 0.307 e. The smallest absolute Gasteiger partial charge is 0.307 e. The van der Waals surface area contributed by atoms with Crippen LogP contribution in [0.5, 0.6) is 0 Å². The number of aromatic nitrogens is 1. The standard InChI is InChI=1S/C16H12BrNO2/c17-11-5-3-4-10(8-11)16-13(9-15(19)20)12-6-1-2-7-14(12)18-16/h1-8,18H,9H2,(H,19,20). The summed E-state index contributed by atoms with van der Waals surface area (Å²) >= 11 is 3.45. The maximum atomic E-state index is 11.1. The van der Waals surface area contributed by atoms with E-state index in [0.29, 0.717) is 0 Å². The van der Waals surface area contributed by atoms with E-state index in [1.807, 2.05) is 48.5 Å². The van der Waals surface area contributed by atoms with E-state index in [4.69, 9.17) is 5.11 Å². The van der Waals surface area contributed by atoms with Gasteiger partial charge in [-0.2, -0.15) is 0 Å². The van der Waals surface area contributed by atoms with Crippen LogP contribution in [0.1, 0.15) is 5.56 Å².